The summed E-state index contributed by atoms with van der Waals surface area (Å²) in [6.07, 6.45) is 6.04. The van der Waals surface area contributed by atoms with Gasteiger partial charge >= 0.3 is 0 Å². The molecule has 3 N–H and O–H groups in total. The van der Waals surface area contributed by atoms with Gasteiger partial charge in [0.2, 0.25) is 5.95 Å². The van der Waals surface area contributed by atoms with Gasteiger partial charge in [0.15, 0.2) is 0 Å². The molecule has 1 aromatic rings. The predicted octanol–water partition coefficient (Wildman–Crippen LogP) is 1.24. The van der Waals surface area contributed by atoms with E-state index in [9.17, 15) is 5.11 Å². The topological polar surface area (TPSA) is 70.1 Å². The number of nitrogens with one attached hydrogen (secondary N) is 2. The van der Waals surface area contributed by atoms with E-state index < -0.39 is 0 Å². The van der Waals surface area contributed by atoms with Crippen molar-refractivity contribution >= 4 is 11.8 Å². The molecule has 0 bridgehead atoms. The lowest BCUT2D eigenvalue weighted by Crippen LogP contribution is -2.39. The molecule has 1 fully saturated rings. The number of hydrogen-bond acceptors (Lipinski definition) is 5. The maximum absolute atomic E-state index is 9.48. The number of nitrogens with zero attached hydrogens (tertiary/aromatic N) is 2. The van der Waals surface area contributed by atoms with E-state index in [-0.39, 0.29) is 12.1 Å². The first-order chi connectivity index (χ1) is 7.78. The molecule has 1 aromatic heterocycles. The molecule has 88 valence electrons. The third kappa shape index (κ3) is 2.24. The zero-order chi connectivity index (χ0) is 11.4. The molecule has 2 rings (SSSR count). The molecule has 1 aliphatic carbocycles. The Balaban J connectivity index is 2.12. The van der Waals surface area contributed by atoms with E-state index in [0.29, 0.717) is 5.95 Å². The lowest BCUT2D eigenvalue weighted by atomic mass is 9.99. The molecule has 0 unspecified atom stereocenters. The Bertz CT molecular complexity index is 350. The zero-order valence-corrected chi connectivity index (χ0v) is 9.53. The van der Waals surface area contributed by atoms with Crippen molar-refractivity contribution in [2.24, 2.45) is 0 Å². The number of anilines is 2. The second kappa shape index (κ2) is 4.65. The van der Waals surface area contributed by atoms with E-state index >= 15 is 0 Å². The molecule has 0 atom stereocenters. The van der Waals surface area contributed by atoms with Crippen LogP contribution in [-0.4, -0.2) is 34.3 Å². The van der Waals surface area contributed by atoms with Gasteiger partial charge in [0.1, 0.15) is 5.82 Å². The maximum atomic E-state index is 9.48. The van der Waals surface area contributed by atoms with Crippen LogP contribution in [0.1, 0.15) is 25.7 Å². The first-order valence-electron chi connectivity index (χ1n) is 5.68. The number of aromatic nitrogens is 2. The standard InChI is InChI=1S/C11H18N4O/c1-12-10-13-7-4-9(14-10)15-11(8-16)5-2-3-6-11/h4,7,16H,2-3,5-6,8H2,1H3,(H2,12,13,14,15). The van der Waals surface area contributed by atoms with E-state index in [0.717, 1.165) is 31.5 Å². The quantitative estimate of drug-likeness (QED) is 0.715. The highest BCUT2D eigenvalue weighted by Gasteiger charge is 2.33. The first kappa shape index (κ1) is 11.1. The van der Waals surface area contributed by atoms with Crippen LogP contribution in [0.5, 0.6) is 0 Å². The average molecular weight is 222 g/mol. The van der Waals surface area contributed by atoms with Crippen molar-refractivity contribution in [1.82, 2.24) is 9.97 Å². The van der Waals surface area contributed by atoms with Crippen LogP contribution in [0.2, 0.25) is 0 Å². The Hall–Kier alpha value is -1.36. The highest BCUT2D eigenvalue weighted by atomic mass is 16.3. The van der Waals surface area contributed by atoms with Crippen molar-refractivity contribution in [3.05, 3.63) is 12.3 Å². The summed E-state index contributed by atoms with van der Waals surface area (Å²) in [6.45, 7) is 0.159. The van der Waals surface area contributed by atoms with Gasteiger partial charge in [-0.15, -0.1) is 0 Å². The van der Waals surface area contributed by atoms with E-state index in [4.69, 9.17) is 0 Å². The normalized spacial score (nSPS) is 18.4. The molecule has 0 spiro atoms. The minimum absolute atomic E-state index is 0.159. The molecule has 0 aromatic carbocycles. The molecule has 1 heterocycles. The third-order valence-electron chi connectivity index (χ3n) is 3.14. The molecule has 0 saturated heterocycles. The fourth-order valence-corrected chi connectivity index (χ4v) is 2.19. The first-order valence-corrected chi connectivity index (χ1v) is 5.68. The van der Waals surface area contributed by atoms with Crippen LogP contribution < -0.4 is 10.6 Å². The largest absolute Gasteiger partial charge is 0.394 e. The predicted molar refractivity (Wildman–Crippen MR) is 63.5 cm³/mol. The zero-order valence-electron chi connectivity index (χ0n) is 9.53. The Kier molecular flexibility index (Phi) is 3.24. The molecular weight excluding hydrogens is 204 g/mol. The molecule has 1 aliphatic rings. The van der Waals surface area contributed by atoms with Crippen molar-refractivity contribution in [3.8, 4) is 0 Å². The lowest BCUT2D eigenvalue weighted by Gasteiger charge is -2.28. The summed E-state index contributed by atoms with van der Waals surface area (Å²) < 4.78 is 0. The Morgan fingerprint density at radius 2 is 2.19 bits per heavy atom. The molecular formula is C11H18N4O. The number of aliphatic hydroxyl groups excluding tert-OH is 1. The van der Waals surface area contributed by atoms with Gasteiger partial charge in [-0.25, -0.2) is 4.98 Å². The van der Waals surface area contributed by atoms with Gasteiger partial charge in [-0.1, -0.05) is 12.8 Å². The van der Waals surface area contributed by atoms with Crippen molar-refractivity contribution in [1.29, 1.82) is 0 Å². The van der Waals surface area contributed by atoms with Gasteiger partial charge in [0.05, 0.1) is 12.1 Å². The summed E-state index contributed by atoms with van der Waals surface area (Å²) in [5, 5.41) is 15.7. The van der Waals surface area contributed by atoms with Crippen molar-refractivity contribution in [3.63, 3.8) is 0 Å². The van der Waals surface area contributed by atoms with Crippen LogP contribution in [0.4, 0.5) is 11.8 Å². The van der Waals surface area contributed by atoms with Crippen LogP contribution in [0, 0.1) is 0 Å². The molecule has 0 amide bonds. The fraction of sp³-hybridized carbons (Fsp3) is 0.636. The Labute approximate surface area is 95.3 Å². The molecule has 5 heteroatoms. The number of rotatable bonds is 4. The monoisotopic (exact) mass is 222 g/mol. The van der Waals surface area contributed by atoms with Gasteiger partial charge in [-0.2, -0.15) is 4.98 Å². The van der Waals surface area contributed by atoms with Crippen LogP contribution in [0.15, 0.2) is 12.3 Å². The van der Waals surface area contributed by atoms with Crippen molar-refractivity contribution in [2.75, 3.05) is 24.3 Å². The third-order valence-corrected chi connectivity index (χ3v) is 3.14. The van der Waals surface area contributed by atoms with Crippen LogP contribution >= 0.6 is 0 Å². The smallest absolute Gasteiger partial charge is 0.224 e. The van der Waals surface area contributed by atoms with Gasteiger partial charge in [0, 0.05) is 13.2 Å². The minimum atomic E-state index is -0.181. The Morgan fingerprint density at radius 1 is 1.44 bits per heavy atom. The molecule has 1 saturated carbocycles. The van der Waals surface area contributed by atoms with E-state index in [1.807, 2.05) is 6.07 Å². The summed E-state index contributed by atoms with van der Waals surface area (Å²) in [7, 11) is 1.79. The SMILES string of the molecule is CNc1nccc(NC2(CO)CCCC2)n1. The average Bonchev–Trinajstić information content (AvgIpc) is 2.78. The van der Waals surface area contributed by atoms with Gasteiger partial charge < -0.3 is 15.7 Å². The van der Waals surface area contributed by atoms with Crippen LogP contribution in [0.3, 0.4) is 0 Å². The highest BCUT2D eigenvalue weighted by molar-refractivity contribution is 5.42. The summed E-state index contributed by atoms with van der Waals surface area (Å²) in [6, 6.07) is 1.83. The van der Waals surface area contributed by atoms with E-state index in [1.54, 1.807) is 13.2 Å². The fourth-order valence-electron chi connectivity index (χ4n) is 2.19. The molecule has 0 aliphatic heterocycles. The van der Waals surface area contributed by atoms with Crippen molar-refractivity contribution in [2.45, 2.75) is 31.2 Å². The second-order valence-electron chi connectivity index (χ2n) is 4.29. The molecule has 16 heavy (non-hydrogen) atoms. The summed E-state index contributed by atoms with van der Waals surface area (Å²) in [5.74, 6) is 1.37. The Morgan fingerprint density at radius 3 is 2.81 bits per heavy atom. The van der Waals surface area contributed by atoms with Crippen LogP contribution in [-0.2, 0) is 0 Å². The second-order valence-corrected chi connectivity index (χ2v) is 4.29. The molecule has 0 radical (unpaired) electrons. The lowest BCUT2D eigenvalue weighted by molar-refractivity contribution is 0.214. The number of aliphatic hydroxyl groups is 1. The van der Waals surface area contributed by atoms with Crippen molar-refractivity contribution < 1.29 is 5.11 Å². The van der Waals surface area contributed by atoms with Crippen LogP contribution in [0.25, 0.3) is 0 Å². The van der Waals surface area contributed by atoms with Gasteiger partial charge in [-0.05, 0) is 18.9 Å². The highest BCUT2D eigenvalue weighted by Crippen LogP contribution is 2.32. The number of hydrogen-bond donors (Lipinski definition) is 3. The van der Waals surface area contributed by atoms with E-state index in [2.05, 4.69) is 20.6 Å². The van der Waals surface area contributed by atoms with E-state index in [1.165, 1.54) is 0 Å². The maximum Gasteiger partial charge on any atom is 0.224 e. The minimum Gasteiger partial charge on any atom is -0.394 e. The molecule has 5 nitrogen and oxygen atoms in total. The van der Waals surface area contributed by atoms with Gasteiger partial charge in [-0.3, -0.25) is 0 Å². The summed E-state index contributed by atoms with van der Waals surface area (Å²) >= 11 is 0. The van der Waals surface area contributed by atoms with Gasteiger partial charge in [0.25, 0.3) is 0 Å². The summed E-state index contributed by atoms with van der Waals surface area (Å²) in [5.41, 5.74) is -0.181. The summed E-state index contributed by atoms with van der Waals surface area (Å²) in [4.78, 5) is 8.36.